The molecule has 16 heavy (non-hydrogen) atoms. The predicted octanol–water partition coefficient (Wildman–Crippen LogP) is 3.19. The van der Waals surface area contributed by atoms with Gasteiger partial charge in [-0.1, -0.05) is 20.3 Å². The van der Waals surface area contributed by atoms with Gasteiger partial charge in [0.05, 0.1) is 0 Å². The molecule has 3 atom stereocenters. The molecular weight excluding hydrogens is 198 g/mol. The van der Waals surface area contributed by atoms with Crippen molar-refractivity contribution in [1.82, 2.24) is 4.98 Å². The van der Waals surface area contributed by atoms with Gasteiger partial charge in [-0.2, -0.15) is 0 Å². The summed E-state index contributed by atoms with van der Waals surface area (Å²) < 4.78 is 0. The standard InChI is InChI=1S/C14H19NO/c1-10-4-3-5-13(10)14(16)11(2)12-6-8-15-9-7-12/h6-11,13H,3-5H2,1-2H3. The number of pyridine rings is 1. The average Bonchev–Trinajstić information content (AvgIpc) is 2.75. The summed E-state index contributed by atoms with van der Waals surface area (Å²) in [6.45, 7) is 4.22. The van der Waals surface area contributed by atoms with Crippen molar-refractivity contribution in [3.05, 3.63) is 30.1 Å². The lowest BCUT2D eigenvalue weighted by molar-refractivity contribution is -0.124. The first kappa shape index (κ1) is 11.3. The molecule has 0 bridgehead atoms. The zero-order chi connectivity index (χ0) is 11.5. The first-order valence-electron chi connectivity index (χ1n) is 6.14. The molecule has 2 nitrogen and oxygen atoms in total. The van der Waals surface area contributed by atoms with Crippen molar-refractivity contribution in [3.8, 4) is 0 Å². The Kier molecular flexibility index (Phi) is 3.37. The van der Waals surface area contributed by atoms with Gasteiger partial charge in [0.25, 0.3) is 0 Å². The molecule has 0 radical (unpaired) electrons. The van der Waals surface area contributed by atoms with Crippen LogP contribution in [0.3, 0.4) is 0 Å². The molecule has 2 heteroatoms. The molecule has 0 saturated heterocycles. The number of nitrogens with zero attached hydrogens (tertiary/aromatic N) is 1. The Morgan fingerprint density at radius 2 is 2.06 bits per heavy atom. The van der Waals surface area contributed by atoms with Gasteiger partial charge in [-0.15, -0.1) is 0 Å². The lowest BCUT2D eigenvalue weighted by Crippen LogP contribution is -2.22. The zero-order valence-electron chi connectivity index (χ0n) is 10.0. The minimum absolute atomic E-state index is 0.0218. The Hall–Kier alpha value is -1.18. The number of carbonyl (C=O) groups is 1. The zero-order valence-corrected chi connectivity index (χ0v) is 10.0. The third-order valence-electron chi connectivity index (χ3n) is 3.86. The van der Waals surface area contributed by atoms with Gasteiger partial charge >= 0.3 is 0 Å². The molecule has 0 N–H and O–H groups in total. The number of ketones is 1. The molecule has 1 saturated carbocycles. The molecule has 1 aliphatic carbocycles. The highest BCUT2D eigenvalue weighted by Gasteiger charge is 2.32. The van der Waals surface area contributed by atoms with E-state index in [2.05, 4.69) is 11.9 Å². The quantitative estimate of drug-likeness (QED) is 0.778. The van der Waals surface area contributed by atoms with Crippen LogP contribution in [0.25, 0.3) is 0 Å². The maximum atomic E-state index is 12.3. The summed E-state index contributed by atoms with van der Waals surface area (Å²) in [4.78, 5) is 16.3. The smallest absolute Gasteiger partial charge is 0.143 e. The third kappa shape index (κ3) is 2.16. The molecule has 0 amide bonds. The number of rotatable bonds is 3. The van der Waals surface area contributed by atoms with Crippen LogP contribution in [0.1, 0.15) is 44.6 Å². The molecule has 2 rings (SSSR count). The summed E-state index contributed by atoms with van der Waals surface area (Å²) in [5.41, 5.74) is 1.10. The van der Waals surface area contributed by atoms with Crippen LogP contribution in [0.15, 0.2) is 24.5 Å². The van der Waals surface area contributed by atoms with E-state index in [0.717, 1.165) is 12.0 Å². The van der Waals surface area contributed by atoms with Crippen molar-refractivity contribution in [1.29, 1.82) is 0 Å². The molecular formula is C14H19NO. The molecule has 0 aliphatic heterocycles. The third-order valence-corrected chi connectivity index (χ3v) is 3.86. The topological polar surface area (TPSA) is 30.0 Å². The monoisotopic (exact) mass is 217 g/mol. The maximum absolute atomic E-state index is 12.3. The molecule has 1 heterocycles. The lowest BCUT2D eigenvalue weighted by Gasteiger charge is -2.19. The van der Waals surface area contributed by atoms with Crippen LogP contribution in [0, 0.1) is 11.8 Å². The van der Waals surface area contributed by atoms with Gasteiger partial charge < -0.3 is 0 Å². The van der Waals surface area contributed by atoms with Crippen LogP contribution >= 0.6 is 0 Å². The molecule has 3 unspecified atom stereocenters. The Labute approximate surface area is 97.1 Å². The van der Waals surface area contributed by atoms with Gasteiger partial charge in [-0.05, 0) is 36.5 Å². The van der Waals surface area contributed by atoms with Crippen molar-refractivity contribution >= 4 is 5.78 Å². The van der Waals surface area contributed by atoms with Crippen LogP contribution in [-0.4, -0.2) is 10.8 Å². The molecule has 86 valence electrons. The second-order valence-corrected chi connectivity index (χ2v) is 4.92. The summed E-state index contributed by atoms with van der Waals surface area (Å²) in [5, 5.41) is 0. The second kappa shape index (κ2) is 4.77. The van der Waals surface area contributed by atoms with E-state index in [0.29, 0.717) is 11.7 Å². The fourth-order valence-corrected chi connectivity index (χ4v) is 2.71. The van der Waals surface area contributed by atoms with Gasteiger partial charge in [-0.3, -0.25) is 9.78 Å². The summed E-state index contributed by atoms with van der Waals surface area (Å²) in [6.07, 6.45) is 7.02. The first-order valence-corrected chi connectivity index (χ1v) is 6.14. The van der Waals surface area contributed by atoms with E-state index in [4.69, 9.17) is 0 Å². The molecule has 1 aromatic rings. The van der Waals surface area contributed by atoms with E-state index in [-0.39, 0.29) is 11.8 Å². The van der Waals surface area contributed by atoms with Crippen LogP contribution in [0.5, 0.6) is 0 Å². The summed E-state index contributed by atoms with van der Waals surface area (Å²) in [6, 6.07) is 3.89. The predicted molar refractivity (Wildman–Crippen MR) is 64.2 cm³/mol. The van der Waals surface area contributed by atoms with Crippen molar-refractivity contribution in [2.75, 3.05) is 0 Å². The van der Waals surface area contributed by atoms with Gasteiger partial charge in [-0.25, -0.2) is 0 Å². The molecule has 0 aromatic carbocycles. The van der Waals surface area contributed by atoms with E-state index in [1.165, 1.54) is 12.8 Å². The first-order chi connectivity index (χ1) is 7.70. The van der Waals surface area contributed by atoms with Crippen molar-refractivity contribution in [2.24, 2.45) is 11.8 Å². The fourth-order valence-electron chi connectivity index (χ4n) is 2.71. The summed E-state index contributed by atoms with van der Waals surface area (Å²) in [5.74, 6) is 1.28. The Morgan fingerprint density at radius 1 is 1.38 bits per heavy atom. The van der Waals surface area contributed by atoms with Crippen LogP contribution in [-0.2, 0) is 4.79 Å². The van der Waals surface area contributed by atoms with Gasteiger partial charge in [0, 0.05) is 24.2 Å². The fraction of sp³-hybridized carbons (Fsp3) is 0.571. The van der Waals surface area contributed by atoms with Gasteiger partial charge in [0.15, 0.2) is 0 Å². The molecule has 1 fully saturated rings. The average molecular weight is 217 g/mol. The number of hydrogen-bond donors (Lipinski definition) is 0. The molecule has 0 spiro atoms. The highest BCUT2D eigenvalue weighted by molar-refractivity contribution is 5.87. The Morgan fingerprint density at radius 3 is 2.62 bits per heavy atom. The molecule has 1 aliphatic rings. The number of aromatic nitrogens is 1. The van der Waals surface area contributed by atoms with Gasteiger partial charge in [0.1, 0.15) is 5.78 Å². The van der Waals surface area contributed by atoms with Gasteiger partial charge in [0.2, 0.25) is 0 Å². The van der Waals surface area contributed by atoms with E-state index in [1.807, 2.05) is 19.1 Å². The normalized spacial score (nSPS) is 26.6. The number of hydrogen-bond acceptors (Lipinski definition) is 2. The highest BCUT2D eigenvalue weighted by atomic mass is 16.1. The summed E-state index contributed by atoms with van der Waals surface area (Å²) >= 11 is 0. The summed E-state index contributed by atoms with van der Waals surface area (Å²) in [7, 11) is 0. The van der Waals surface area contributed by atoms with E-state index in [9.17, 15) is 4.79 Å². The van der Waals surface area contributed by atoms with Crippen molar-refractivity contribution in [3.63, 3.8) is 0 Å². The van der Waals surface area contributed by atoms with Crippen molar-refractivity contribution in [2.45, 2.75) is 39.0 Å². The van der Waals surface area contributed by atoms with E-state index in [1.54, 1.807) is 12.4 Å². The lowest BCUT2D eigenvalue weighted by atomic mass is 9.84. The second-order valence-electron chi connectivity index (χ2n) is 4.92. The minimum Gasteiger partial charge on any atom is -0.299 e. The van der Waals surface area contributed by atoms with Crippen molar-refractivity contribution < 1.29 is 4.79 Å². The maximum Gasteiger partial charge on any atom is 0.143 e. The Balaban J connectivity index is 2.10. The van der Waals surface area contributed by atoms with Crippen LogP contribution < -0.4 is 0 Å². The van der Waals surface area contributed by atoms with E-state index >= 15 is 0 Å². The molecule has 1 aromatic heterocycles. The number of Topliss-reactive ketones (excluding diaryl/α,β-unsaturated/α-hetero) is 1. The Bertz CT molecular complexity index is 360. The largest absolute Gasteiger partial charge is 0.299 e. The minimum atomic E-state index is 0.0218. The SMILES string of the molecule is CC(C(=O)C1CCCC1C)c1ccncc1. The highest BCUT2D eigenvalue weighted by Crippen LogP contribution is 2.35. The van der Waals surface area contributed by atoms with E-state index < -0.39 is 0 Å². The van der Waals surface area contributed by atoms with Crippen LogP contribution in [0.4, 0.5) is 0 Å². The van der Waals surface area contributed by atoms with Crippen LogP contribution in [0.2, 0.25) is 0 Å². The number of carbonyl (C=O) groups excluding carboxylic acids is 1.